The molecule has 1 aliphatic rings. The van der Waals surface area contributed by atoms with Crippen molar-refractivity contribution in [3.63, 3.8) is 0 Å². The van der Waals surface area contributed by atoms with Gasteiger partial charge in [0.15, 0.2) is 5.78 Å². The summed E-state index contributed by atoms with van der Waals surface area (Å²) in [5, 5.41) is 10.7. The van der Waals surface area contributed by atoms with Gasteiger partial charge in [0.1, 0.15) is 0 Å². The highest BCUT2D eigenvalue weighted by Gasteiger charge is 2.24. The van der Waals surface area contributed by atoms with E-state index in [1.807, 2.05) is 19.0 Å². The van der Waals surface area contributed by atoms with Gasteiger partial charge in [0.05, 0.1) is 4.92 Å². The molecule has 5 nitrogen and oxygen atoms in total. The molecule has 1 aliphatic carbocycles. The lowest BCUT2D eigenvalue weighted by molar-refractivity contribution is -0.384. The van der Waals surface area contributed by atoms with Crippen LogP contribution in [0, 0.1) is 10.1 Å². The molecule has 0 aromatic heterocycles. The maximum atomic E-state index is 12.2. The van der Waals surface area contributed by atoms with E-state index in [9.17, 15) is 14.9 Å². The van der Waals surface area contributed by atoms with Crippen LogP contribution in [-0.2, 0) is 6.42 Å². The highest BCUT2D eigenvalue weighted by Crippen LogP contribution is 2.28. The highest BCUT2D eigenvalue weighted by molar-refractivity contribution is 6.11. The fraction of sp³-hybridized carbons (Fsp3) is 0.308. The van der Waals surface area contributed by atoms with Crippen molar-refractivity contribution in [2.24, 2.45) is 0 Å². The van der Waals surface area contributed by atoms with E-state index in [1.54, 1.807) is 12.3 Å². The quantitative estimate of drug-likeness (QED) is 0.455. The number of hydrogen-bond acceptors (Lipinski definition) is 4. The van der Waals surface area contributed by atoms with E-state index in [2.05, 4.69) is 0 Å². The smallest absolute Gasteiger partial charge is 0.270 e. The summed E-state index contributed by atoms with van der Waals surface area (Å²) < 4.78 is 0. The van der Waals surface area contributed by atoms with Crippen LogP contribution in [0.4, 0.5) is 5.69 Å². The minimum Gasteiger partial charge on any atom is -0.383 e. The molecule has 0 heterocycles. The van der Waals surface area contributed by atoms with Gasteiger partial charge >= 0.3 is 0 Å². The highest BCUT2D eigenvalue weighted by atomic mass is 16.6. The summed E-state index contributed by atoms with van der Waals surface area (Å²) in [4.78, 5) is 24.3. The Hall–Kier alpha value is -2.17. The van der Waals surface area contributed by atoms with E-state index >= 15 is 0 Å². The molecule has 0 atom stereocenters. The third-order valence-electron chi connectivity index (χ3n) is 2.92. The average Bonchev–Trinajstić information content (AvgIpc) is 2.32. The summed E-state index contributed by atoms with van der Waals surface area (Å²) in [6.45, 7) is 0. The number of aryl methyl sites for hydroxylation is 1. The molecule has 1 aromatic rings. The van der Waals surface area contributed by atoms with Gasteiger partial charge in [-0.05, 0) is 18.4 Å². The maximum Gasteiger partial charge on any atom is 0.270 e. The Morgan fingerprint density at radius 1 is 1.33 bits per heavy atom. The fourth-order valence-electron chi connectivity index (χ4n) is 2.10. The number of allylic oxidation sites excluding steroid dienone is 1. The van der Waals surface area contributed by atoms with Gasteiger partial charge in [-0.3, -0.25) is 14.9 Å². The number of rotatable bonds is 2. The summed E-state index contributed by atoms with van der Waals surface area (Å²) in [7, 11) is 3.70. The molecule has 1 aromatic carbocycles. The summed E-state index contributed by atoms with van der Waals surface area (Å²) in [5.41, 5.74) is 2.02. The van der Waals surface area contributed by atoms with Crippen LogP contribution in [0.2, 0.25) is 0 Å². The lowest BCUT2D eigenvalue weighted by Gasteiger charge is -2.18. The SMILES string of the molecule is CN(C)C=C1CCc2ccc([N+](=O)[O-])cc2C1=O. The maximum absolute atomic E-state index is 12.2. The third-order valence-corrected chi connectivity index (χ3v) is 2.92. The van der Waals surface area contributed by atoms with E-state index in [4.69, 9.17) is 0 Å². The van der Waals surface area contributed by atoms with Crippen molar-refractivity contribution in [3.05, 3.63) is 51.2 Å². The number of ketones is 1. The molecule has 0 spiro atoms. The monoisotopic (exact) mass is 246 g/mol. The number of fused-ring (bicyclic) bond motifs is 1. The van der Waals surface area contributed by atoms with Crippen molar-refractivity contribution in [2.75, 3.05) is 14.1 Å². The van der Waals surface area contributed by atoms with Gasteiger partial charge in [-0.15, -0.1) is 0 Å². The van der Waals surface area contributed by atoms with Gasteiger partial charge in [0.25, 0.3) is 5.69 Å². The van der Waals surface area contributed by atoms with E-state index in [0.29, 0.717) is 17.6 Å². The summed E-state index contributed by atoms with van der Waals surface area (Å²) in [5.74, 6) is -0.103. The number of hydrogen-bond donors (Lipinski definition) is 0. The van der Waals surface area contributed by atoms with Crippen molar-refractivity contribution in [3.8, 4) is 0 Å². The Balaban J connectivity index is 2.44. The number of nitro benzene ring substituents is 1. The Morgan fingerprint density at radius 3 is 2.67 bits per heavy atom. The van der Waals surface area contributed by atoms with E-state index in [0.717, 1.165) is 12.0 Å². The molecule has 0 radical (unpaired) electrons. The number of nitro groups is 1. The Bertz CT molecular complexity index is 547. The minimum atomic E-state index is -0.475. The van der Waals surface area contributed by atoms with Crippen molar-refractivity contribution in [1.29, 1.82) is 0 Å². The number of non-ortho nitro benzene ring substituents is 1. The van der Waals surface area contributed by atoms with Crippen molar-refractivity contribution >= 4 is 11.5 Å². The van der Waals surface area contributed by atoms with Crippen molar-refractivity contribution < 1.29 is 9.72 Å². The molecule has 94 valence electrons. The normalized spacial score (nSPS) is 16.6. The lowest BCUT2D eigenvalue weighted by atomic mass is 9.87. The van der Waals surface area contributed by atoms with Crippen LogP contribution in [0.25, 0.3) is 0 Å². The number of benzene rings is 1. The fourth-order valence-corrected chi connectivity index (χ4v) is 2.10. The number of carbonyl (C=O) groups is 1. The Labute approximate surface area is 105 Å². The molecular weight excluding hydrogens is 232 g/mol. The number of Topliss-reactive ketones (excluding diaryl/α,β-unsaturated/α-hetero) is 1. The predicted molar refractivity (Wildman–Crippen MR) is 67.5 cm³/mol. The number of carbonyl (C=O) groups excluding carboxylic acids is 1. The summed E-state index contributed by atoms with van der Waals surface area (Å²) in [6.07, 6.45) is 3.21. The second-order valence-electron chi connectivity index (χ2n) is 4.55. The van der Waals surface area contributed by atoms with Gasteiger partial charge in [-0.1, -0.05) is 6.07 Å². The van der Waals surface area contributed by atoms with Gasteiger partial charge in [-0.25, -0.2) is 0 Å². The van der Waals surface area contributed by atoms with Gasteiger partial charge in [0, 0.05) is 43.6 Å². The average molecular weight is 246 g/mol. The topological polar surface area (TPSA) is 63.4 Å². The zero-order chi connectivity index (χ0) is 13.3. The molecule has 0 N–H and O–H groups in total. The van der Waals surface area contributed by atoms with Crippen LogP contribution in [-0.4, -0.2) is 29.7 Å². The van der Waals surface area contributed by atoms with Crippen LogP contribution in [0.5, 0.6) is 0 Å². The first kappa shape index (κ1) is 12.3. The standard InChI is InChI=1S/C13H14N2O3/c1-14(2)8-10-4-3-9-5-6-11(15(17)18)7-12(9)13(10)16/h5-8H,3-4H2,1-2H3. The first-order valence-corrected chi connectivity index (χ1v) is 5.68. The molecule has 0 amide bonds. The van der Waals surface area contributed by atoms with Crippen LogP contribution in [0.1, 0.15) is 22.3 Å². The third kappa shape index (κ3) is 2.25. The molecule has 0 aliphatic heterocycles. The van der Waals surface area contributed by atoms with Gasteiger partial charge in [0.2, 0.25) is 0 Å². The first-order valence-electron chi connectivity index (χ1n) is 5.68. The molecule has 0 unspecified atom stereocenters. The van der Waals surface area contributed by atoms with E-state index in [1.165, 1.54) is 12.1 Å². The van der Waals surface area contributed by atoms with Gasteiger partial charge < -0.3 is 4.90 Å². The molecule has 0 saturated heterocycles. The lowest BCUT2D eigenvalue weighted by Crippen LogP contribution is -2.17. The molecule has 0 bridgehead atoms. The second kappa shape index (κ2) is 4.60. The minimum absolute atomic E-state index is 0.0341. The Morgan fingerprint density at radius 2 is 2.06 bits per heavy atom. The van der Waals surface area contributed by atoms with E-state index < -0.39 is 4.92 Å². The van der Waals surface area contributed by atoms with E-state index in [-0.39, 0.29) is 11.5 Å². The molecule has 2 rings (SSSR count). The van der Waals surface area contributed by atoms with Crippen LogP contribution < -0.4 is 0 Å². The molecule has 18 heavy (non-hydrogen) atoms. The summed E-state index contributed by atoms with van der Waals surface area (Å²) in [6, 6.07) is 4.50. The van der Waals surface area contributed by atoms with Crippen molar-refractivity contribution in [2.45, 2.75) is 12.8 Å². The largest absolute Gasteiger partial charge is 0.383 e. The zero-order valence-corrected chi connectivity index (χ0v) is 10.3. The molecular formula is C13H14N2O3. The van der Waals surface area contributed by atoms with Crippen LogP contribution in [0.3, 0.4) is 0 Å². The first-order chi connectivity index (χ1) is 8.49. The van der Waals surface area contributed by atoms with Gasteiger partial charge in [-0.2, -0.15) is 0 Å². The predicted octanol–water partition coefficient (Wildman–Crippen LogP) is 2.17. The Kier molecular flexibility index (Phi) is 3.14. The number of nitrogens with zero attached hydrogens (tertiary/aromatic N) is 2. The summed E-state index contributed by atoms with van der Waals surface area (Å²) >= 11 is 0. The molecule has 0 saturated carbocycles. The molecule has 5 heteroatoms. The van der Waals surface area contributed by atoms with Crippen LogP contribution >= 0.6 is 0 Å². The molecule has 0 fully saturated rings. The van der Waals surface area contributed by atoms with Crippen molar-refractivity contribution in [1.82, 2.24) is 4.90 Å². The van der Waals surface area contributed by atoms with Crippen LogP contribution in [0.15, 0.2) is 30.0 Å². The second-order valence-corrected chi connectivity index (χ2v) is 4.55. The zero-order valence-electron chi connectivity index (χ0n) is 10.3.